The van der Waals surface area contributed by atoms with E-state index in [2.05, 4.69) is 74.0 Å². The minimum Gasteiger partial charge on any atom is -0.390 e. The first kappa shape index (κ1) is 28.8. The number of piperazine rings is 1. The molecule has 2 N–H and O–H groups in total. The zero-order chi connectivity index (χ0) is 28.5. The van der Waals surface area contributed by atoms with Crippen LogP contribution in [0.25, 0.3) is 22.2 Å². The Hall–Kier alpha value is -2.69. The van der Waals surface area contributed by atoms with E-state index in [4.69, 9.17) is 0 Å². The Morgan fingerprint density at radius 2 is 1.75 bits per heavy atom. The molecule has 218 valence electrons. The number of nitrogens with one attached hydrogen (secondary N) is 1. The van der Waals surface area contributed by atoms with Crippen molar-refractivity contribution >= 4 is 17.0 Å². The lowest BCUT2D eigenvalue weighted by atomic mass is 9.83. The molecule has 0 bridgehead atoms. The van der Waals surface area contributed by atoms with E-state index in [1.165, 1.54) is 5.56 Å². The number of benzene rings is 1. The van der Waals surface area contributed by atoms with Gasteiger partial charge in [-0.1, -0.05) is 24.3 Å². The second-order valence-corrected chi connectivity index (χ2v) is 12.0. The summed E-state index contributed by atoms with van der Waals surface area (Å²) in [5.41, 5.74) is 3.37. The number of fused-ring (bicyclic) bond motifs is 1. The van der Waals surface area contributed by atoms with Gasteiger partial charge in [-0.15, -0.1) is 0 Å². The van der Waals surface area contributed by atoms with E-state index < -0.39 is 18.2 Å². The predicted octanol–water partition coefficient (Wildman–Crippen LogP) is 5.85. The van der Waals surface area contributed by atoms with Crippen LogP contribution in [0, 0.1) is 0 Å². The van der Waals surface area contributed by atoms with Crippen molar-refractivity contribution in [3.63, 3.8) is 0 Å². The molecule has 1 saturated carbocycles. The van der Waals surface area contributed by atoms with Gasteiger partial charge in [0.25, 0.3) is 0 Å². The minimum absolute atomic E-state index is 0.151. The van der Waals surface area contributed by atoms with Crippen molar-refractivity contribution in [3.05, 3.63) is 42.2 Å². The fraction of sp³-hybridized carbons (Fsp3) is 0.600. The van der Waals surface area contributed by atoms with Crippen molar-refractivity contribution < 1.29 is 18.3 Å². The number of anilines is 1. The maximum Gasteiger partial charge on any atom is 0.390 e. The van der Waals surface area contributed by atoms with Crippen LogP contribution < -0.4 is 5.32 Å². The first-order valence-electron chi connectivity index (χ1n) is 14.4. The third kappa shape index (κ3) is 6.95. The summed E-state index contributed by atoms with van der Waals surface area (Å²) >= 11 is 0. The molecule has 3 aromatic rings. The Bertz CT molecular complexity index is 1270. The van der Waals surface area contributed by atoms with Gasteiger partial charge in [-0.05, 0) is 57.6 Å². The summed E-state index contributed by atoms with van der Waals surface area (Å²) in [6, 6.07) is 9.37. The molecule has 1 aromatic carbocycles. The molecule has 2 aromatic heterocycles. The van der Waals surface area contributed by atoms with Crippen molar-refractivity contribution in [1.29, 1.82) is 0 Å². The number of aliphatic hydroxyl groups is 1. The maximum atomic E-state index is 12.7. The van der Waals surface area contributed by atoms with Crippen LogP contribution in [0.3, 0.4) is 0 Å². The molecule has 7 nitrogen and oxygen atoms in total. The topological polar surface area (TPSA) is 69.5 Å². The van der Waals surface area contributed by atoms with Gasteiger partial charge in [0.2, 0.25) is 5.95 Å². The van der Waals surface area contributed by atoms with Gasteiger partial charge in [0.05, 0.1) is 12.0 Å². The van der Waals surface area contributed by atoms with Crippen LogP contribution in [0.1, 0.15) is 64.5 Å². The van der Waals surface area contributed by atoms with E-state index in [-0.39, 0.29) is 18.5 Å². The number of aromatic nitrogens is 3. The largest absolute Gasteiger partial charge is 0.390 e. The molecule has 0 amide bonds. The van der Waals surface area contributed by atoms with E-state index in [1.54, 1.807) is 6.20 Å². The summed E-state index contributed by atoms with van der Waals surface area (Å²) < 4.78 is 40.1. The number of halogens is 3. The van der Waals surface area contributed by atoms with Crippen LogP contribution in [0.2, 0.25) is 0 Å². The molecule has 40 heavy (non-hydrogen) atoms. The highest BCUT2D eigenvalue weighted by molar-refractivity contribution is 5.94. The van der Waals surface area contributed by atoms with Crippen LogP contribution in [0.4, 0.5) is 19.1 Å². The number of hydrogen-bond donors (Lipinski definition) is 2. The SMILES string of the molecule is CC(C)N1CCN(Cc2ccc(-c3cn(C4CCC(C)(O)CC4)c4nc(NCCC(F)(F)F)ncc34)cc2)CC1. The predicted molar refractivity (Wildman–Crippen MR) is 152 cm³/mol. The van der Waals surface area contributed by atoms with E-state index >= 15 is 0 Å². The van der Waals surface area contributed by atoms with Crippen molar-refractivity contribution in [1.82, 2.24) is 24.3 Å². The maximum absolute atomic E-state index is 12.7. The van der Waals surface area contributed by atoms with Gasteiger partial charge in [-0.2, -0.15) is 18.2 Å². The molecule has 1 aliphatic carbocycles. The van der Waals surface area contributed by atoms with Gasteiger partial charge in [-0.25, -0.2) is 4.98 Å². The highest BCUT2D eigenvalue weighted by Crippen LogP contribution is 2.39. The molecule has 2 aliphatic rings. The van der Waals surface area contributed by atoms with Gasteiger partial charge in [-0.3, -0.25) is 9.80 Å². The van der Waals surface area contributed by atoms with Gasteiger partial charge in [0.15, 0.2) is 0 Å². The normalized spacial score (nSPS) is 23.2. The van der Waals surface area contributed by atoms with E-state index in [9.17, 15) is 18.3 Å². The molecule has 10 heteroatoms. The highest BCUT2D eigenvalue weighted by Gasteiger charge is 2.31. The van der Waals surface area contributed by atoms with E-state index in [0.29, 0.717) is 24.5 Å². The summed E-state index contributed by atoms with van der Waals surface area (Å²) in [7, 11) is 0. The van der Waals surface area contributed by atoms with Crippen LogP contribution in [-0.2, 0) is 6.54 Å². The summed E-state index contributed by atoms with van der Waals surface area (Å²) in [6.45, 7) is 11.3. The fourth-order valence-corrected chi connectivity index (χ4v) is 5.93. The van der Waals surface area contributed by atoms with Gasteiger partial charge in [0.1, 0.15) is 5.65 Å². The molecule has 0 radical (unpaired) electrons. The number of hydrogen-bond acceptors (Lipinski definition) is 6. The standard InChI is InChI=1S/C30H41F3N6O/c1-21(2)38-16-14-37(15-17-38)19-22-4-6-23(7-5-22)26-20-39(24-8-10-29(3,40)11-9-24)27-25(26)18-35-28(36-27)34-13-12-30(31,32)33/h4-7,18,20-21,24,40H,8-17,19H2,1-3H3,(H,34,35,36). The number of alkyl halides is 3. The average molecular weight is 559 g/mol. The average Bonchev–Trinajstić information content (AvgIpc) is 3.27. The molecule has 0 atom stereocenters. The number of nitrogens with zero attached hydrogens (tertiary/aromatic N) is 5. The zero-order valence-corrected chi connectivity index (χ0v) is 23.7. The lowest BCUT2D eigenvalue weighted by Gasteiger charge is -2.36. The Labute approximate surface area is 234 Å². The van der Waals surface area contributed by atoms with Crippen LogP contribution in [0.15, 0.2) is 36.7 Å². The van der Waals surface area contributed by atoms with Crippen molar-refractivity contribution in [2.75, 3.05) is 38.0 Å². The Morgan fingerprint density at radius 1 is 1.07 bits per heavy atom. The van der Waals surface area contributed by atoms with E-state index in [0.717, 1.165) is 62.1 Å². The summed E-state index contributed by atoms with van der Waals surface area (Å²) in [5, 5.41) is 14.1. The van der Waals surface area contributed by atoms with E-state index in [1.807, 2.05) is 6.92 Å². The third-order valence-electron chi connectivity index (χ3n) is 8.50. The lowest BCUT2D eigenvalue weighted by Crippen LogP contribution is -2.48. The second-order valence-electron chi connectivity index (χ2n) is 12.0. The van der Waals surface area contributed by atoms with Gasteiger partial charge < -0.3 is 15.0 Å². The first-order valence-corrected chi connectivity index (χ1v) is 14.4. The molecule has 1 saturated heterocycles. The smallest absolute Gasteiger partial charge is 0.390 e. The molecular formula is C30H41F3N6O. The Morgan fingerprint density at radius 3 is 2.38 bits per heavy atom. The molecule has 3 heterocycles. The second kappa shape index (κ2) is 11.7. The van der Waals surface area contributed by atoms with Crippen molar-refractivity contribution in [3.8, 4) is 11.1 Å². The van der Waals surface area contributed by atoms with Crippen molar-refractivity contribution in [2.45, 2.75) is 83.3 Å². The van der Waals surface area contributed by atoms with Gasteiger partial charge >= 0.3 is 6.18 Å². The van der Waals surface area contributed by atoms with Crippen molar-refractivity contribution in [2.24, 2.45) is 0 Å². The third-order valence-corrected chi connectivity index (χ3v) is 8.50. The summed E-state index contributed by atoms with van der Waals surface area (Å²) in [5.74, 6) is 0.193. The molecular weight excluding hydrogens is 517 g/mol. The molecule has 1 aliphatic heterocycles. The first-order chi connectivity index (χ1) is 19.0. The van der Waals surface area contributed by atoms with Crippen LogP contribution >= 0.6 is 0 Å². The quantitative estimate of drug-likeness (QED) is 0.361. The Balaban J connectivity index is 1.37. The van der Waals surface area contributed by atoms with Crippen LogP contribution in [0.5, 0.6) is 0 Å². The van der Waals surface area contributed by atoms with Gasteiger partial charge in [0, 0.05) is 74.7 Å². The molecule has 0 unspecified atom stereocenters. The summed E-state index contributed by atoms with van der Waals surface area (Å²) in [6.07, 6.45) is 1.62. The number of rotatable bonds is 8. The molecule has 2 fully saturated rings. The monoisotopic (exact) mass is 558 g/mol. The molecule has 5 rings (SSSR count). The summed E-state index contributed by atoms with van der Waals surface area (Å²) in [4.78, 5) is 14.0. The fourth-order valence-electron chi connectivity index (χ4n) is 5.93. The minimum atomic E-state index is -4.24. The van der Waals surface area contributed by atoms with Crippen LogP contribution in [-0.4, -0.2) is 80.0 Å². The lowest BCUT2D eigenvalue weighted by molar-refractivity contribution is -0.131. The Kier molecular flexibility index (Phi) is 8.40. The zero-order valence-electron chi connectivity index (χ0n) is 23.7. The molecule has 0 spiro atoms. The highest BCUT2D eigenvalue weighted by atomic mass is 19.4.